The lowest BCUT2D eigenvalue weighted by Crippen LogP contribution is -2.31. The van der Waals surface area contributed by atoms with Gasteiger partial charge < -0.3 is 19.5 Å². The van der Waals surface area contributed by atoms with Crippen molar-refractivity contribution in [3.8, 4) is 11.5 Å². The summed E-state index contributed by atoms with van der Waals surface area (Å²) in [6.07, 6.45) is 0. The molecule has 1 unspecified atom stereocenters. The zero-order chi connectivity index (χ0) is 20.8. The number of benzene rings is 3. The van der Waals surface area contributed by atoms with Crippen molar-refractivity contribution in [1.82, 2.24) is 5.32 Å². The Balaban J connectivity index is 1.66. The molecule has 0 spiro atoms. The van der Waals surface area contributed by atoms with Gasteiger partial charge in [0.25, 0.3) is 5.91 Å². The third-order valence-corrected chi connectivity index (χ3v) is 4.60. The van der Waals surface area contributed by atoms with E-state index in [1.54, 1.807) is 12.1 Å². The fraction of sp³-hybridized carbons (Fsp3) is 0.217. The van der Waals surface area contributed by atoms with Crippen molar-refractivity contribution in [2.24, 2.45) is 0 Å². The Hall–Kier alpha value is -3.54. The van der Waals surface area contributed by atoms with E-state index in [9.17, 15) is 9.59 Å². The van der Waals surface area contributed by atoms with Crippen LogP contribution in [0.3, 0.4) is 0 Å². The molecule has 0 heterocycles. The molecule has 6 nitrogen and oxygen atoms in total. The zero-order valence-corrected chi connectivity index (χ0v) is 16.6. The van der Waals surface area contributed by atoms with Gasteiger partial charge in [-0.25, -0.2) is 4.79 Å². The molecular weight excluding hydrogens is 370 g/mol. The molecule has 6 heteroatoms. The Labute approximate surface area is 169 Å². The monoisotopic (exact) mass is 393 g/mol. The van der Waals surface area contributed by atoms with E-state index in [4.69, 9.17) is 14.2 Å². The Kier molecular flexibility index (Phi) is 6.34. The number of esters is 1. The minimum absolute atomic E-state index is 0.193. The van der Waals surface area contributed by atoms with Gasteiger partial charge in [0.2, 0.25) is 0 Å². The van der Waals surface area contributed by atoms with Crippen LogP contribution in [0.2, 0.25) is 0 Å². The highest BCUT2D eigenvalue weighted by Crippen LogP contribution is 2.26. The van der Waals surface area contributed by atoms with E-state index in [2.05, 4.69) is 11.4 Å². The lowest BCUT2D eigenvalue weighted by molar-refractivity contribution is -0.123. The summed E-state index contributed by atoms with van der Waals surface area (Å²) in [5, 5.41) is 5.17. The van der Waals surface area contributed by atoms with Crippen LogP contribution in [-0.2, 0) is 9.53 Å². The third kappa shape index (κ3) is 4.85. The molecule has 0 saturated heterocycles. The Morgan fingerprint density at radius 1 is 0.966 bits per heavy atom. The highest BCUT2D eigenvalue weighted by molar-refractivity contribution is 5.93. The van der Waals surface area contributed by atoms with Crippen molar-refractivity contribution < 1.29 is 23.8 Å². The molecule has 3 aromatic carbocycles. The molecule has 1 atom stereocenters. The van der Waals surface area contributed by atoms with Crippen molar-refractivity contribution in [2.75, 3.05) is 20.8 Å². The fourth-order valence-electron chi connectivity index (χ4n) is 3.01. The summed E-state index contributed by atoms with van der Waals surface area (Å²) in [6.45, 7) is 1.67. The maximum absolute atomic E-state index is 12.4. The van der Waals surface area contributed by atoms with E-state index in [0.717, 1.165) is 16.3 Å². The summed E-state index contributed by atoms with van der Waals surface area (Å²) < 4.78 is 15.5. The normalized spacial score (nSPS) is 11.6. The van der Waals surface area contributed by atoms with Crippen LogP contribution in [0, 0.1) is 0 Å². The lowest BCUT2D eigenvalue weighted by Gasteiger charge is -2.16. The molecule has 0 fully saturated rings. The van der Waals surface area contributed by atoms with Gasteiger partial charge in [0.05, 0.1) is 20.3 Å². The van der Waals surface area contributed by atoms with Crippen LogP contribution in [0.1, 0.15) is 28.9 Å². The molecule has 0 radical (unpaired) electrons. The van der Waals surface area contributed by atoms with E-state index in [1.165, 1.54) is 20.3 Å². The summed E-state index contributed by atoms with van der Waals surface area (Å²) in [5.41, 5.74) is 1.22. The van der Waals surface area contributed by atoms with Gasteiger partial charge in [0, 0.05) is 6.07 Å². The van der Waals surface area contributed by atoms with Crippen LogP contribution in [0.15, 0.2) is 60.7 Å². The van der Waals surface area contributed by atoms with Crippen LogP contribution >= 0.6 is 0 Å². The molecule has 150 valence electrons. The summed E-state index contributed by atoms with van der Waals surface area (Å²) in [4.78, 5) is 24.3. The summed E-state index contributed by atoms with van der Waals surface area (Å²) in [6, 6.07) is 18.6. The van der Waals surface area contributed by atoms with Crippen molar-refractivity contribution in [1.29, 1.82) is 0 Å². The van der Waals surface area contributed by atoms with Crippen molar-refractivity contribution in [3.63, 3.8) is 0 Å². The number of fused-ring (bicyclic) bond motifs is 1. The number of amides is 1. The molecule has 0 bridgehead atoms. The number of hydrogen-bond acceptors (Lipinski definition) is 5. The van der Waals surface area contributed by atoms with Crippen molar-refractivity contribution in [2.45, 2.75) is 13.0 Å². The highest BCUT2D eigenvalue weighted by Gasteiger charge is 2.16. The van der Waals surface area contributed by atoms with Crippen LogP contribution < -0.4 is 14.8 Å². The Morgan fingerprint density at radius 3 is 2.45 bits per heavy atom. The van der Waals surface area contributed by atoms with Gasteiger partial charge in [0.1, 0.15) is 17.1 Å². The molecule has 1 N–H and O–H groups in total. The first kappa shape index (κ1) is 20.2. The van der Waals surface area contributed by atoms with Gasteiger partial charge in [-0.15, -0.1) is 0 Å². The first-order chi connectivity index (χ1) is 14.0. The standard InChI is InChI=1S/C23H23NO5/c1-15(17-9-8-16-6-4-5-7-18(16)12-17)24-22(25)14-29-21-13-19(27-2)10-11-20(21)23(26)28-3/h4-13,15H,14H2,1-3H3,(H,24,25). The minimum Gasteiger partial charge on any atom is -0.497 e. The molecule has 0 aliphatic rings. The van der Waals surface area contributed by atoms with Crippen molar-refractivity contribution >= 4 is 22.6 Å². The molecule has 1 amide bonds. The number of ether oxygens (including phenoxy) is 3. The van der Waals surface area contributed by atoms with E-state index >= 15 is 0 Å². The van der Waals surface area contributed by atoms with Gasteiger partial charge in [0.15, 0.2) is 6.61 Å². The van der Waals surface area contributed by atoms with Crippen LogP contribution in [0.25, 0.3) is 10.8 Å². The highest BCUT2D eigenvalue weighted by atomic mass is 16.5. The fourth-order valence-corrected chi connectivity index (χ4v) is 3.01. The van der Waals surface area contributed by atoms with Gasteiger partial charge in [-0.2, -0.15) is 0 Å². The van der Waals surface area contributed by atoms with Gasteiger partial charge in [-0.3, -0.25) is 4.79 Å². The Morgan fingerprint density at radius 2 is 1.72 bits per heavy atom. The number of hydrogen-bond donors (Lipinski definition) is 1. The number of rotatable bonds is 7. The molecule has 3 aromatic rings. The average molecular weight is 393 g/mol. The number of carbonyl (C=O) groups is 2. The van der Waals surface area contributed by atoms with Crippen LogP contribution in [-0.4, -0.2) is 32.7 Å². The van der Waals surface area contributed by atoms with Crippen LogP contribution in [0.4, 0.5) is 0 Å². The smallest absolute Gasteiger partial charge is 0.341 e. The quantitative estimate of drug-likeness (QED) is 0.617. The molecular formula is C23H23NO5. The first-order valence-electron chi connectivity index (χ1n) is 9.19. The van der Waals surface area contributed by atoms with Crippen LogP contribution in [0.5, 0.6) is 11.5 Å². The van der Waals surface area contributed by atoms with E-state index < -0.39 is 5.97 Å². The second-order valence-electron chi connectivity index (χ2n) is 6.54. The predicted octanol–water partition coefficient (Wildman–Crippen LogP) is 3.89. The number of methoxy groups -OCH3 is 2. The van der Waals surface area contributed by atoms with Crippen molar-refractivity contribution in [3.05, 3.63) is 71.8 Å². The Bertz CT molecular complexity index is 1030. The second-order valence-corrected chi connectivity index (χ2v) is 6.54. The maximum Gasteiger partial charge on any atom is 0.341 e. The zero-order valence-electron chi connectivity index (χ0n) is 16.6. The summed E-state index contributed by atoms with van der Waals surface area (Å²) in [7, 11) is 2.79. The van der Waals surface area contributed by atoms with Gasteiger partial charge in [-0.05, 0) is 41.5 Å². The minimum atomic E-state index is -0.549. The van der Waals surface area contributed by atoms with E-state index in [0.29, 0.717) is 5.75 Å². The average Bonchev–Trinajstić information content (AvgIpc) is 2.76. The number of nitrogens with one attached hydrogen (secondary N) is 1. The first-order valence-corrected chi connectivity index (χ1v) is 9.19. The predicted molar refractivity (Wildman–Crippen MR) is 110 cm³/mol. The van der Waals surface area contributed by atoms with E-state index in [1.807, 2.05) is 43.3 Å². The second kappa shape index (κ2) is 9.10. The molecule has 3 rings (SSSR count). The SMILES string of the molecule is COC(=O)c1ccc(OC)cc1OCC(=O)NC(C)c1ccc2ccccc2c1. The summed E-state index contributed by atoms with van der Waals surface area (Å²) >= 11 is 0. The molecule has 0 saturated carbocycles. The third-order valence-electron chi connectivity index (χ3n) is 4.60. The lowest BCUT2D eigenvalue weighted by atomic mass is 10.0. The number of carbonyl (C=O) groups excluding carboxylic acids is 2. The van der Waals surface area contributed by atoms with Gasteiger partial charge >= 0.3 is 5.97 Å². The molecule has 0 aromatic heterocycles. The topological polar surface area (TPSA) is 73.9 Å². The van der Waals surface area contributed by atoms with E-state index in [-0.39, 0.29) is 29.9 Å². The summed E-state index contributed by atoms with van der Waals surface area (Å²) in [5.74, 6) is -0.112. The molecule has 0 aliphatic carbocycles. The molecule has 29 heavy (non-hydrogen) atoms. The maximum atomic E-state index is 12.4. The van der Waals surface area contributed by atoms with Gasteiger partial charge in [-0.1, -0.05) is 36.4 Å². The molecule has 0 aliphatic heterocycles. The largest absolute Gasteiger partial charge is 0.497 e.